The van der Waals surface area contributed by atoms with Crippen molar-refractivity contribution >= 4 is 23.2 Å². The fourth-order valence-electron chi connectivity index (χ4n) is 2.08. The van der Waals surface area contributed by atoms with Gasteiger partial charge in [0.05, 0.1) is 4.88 Å². The zero-order chi connectivity index (χ0) is 13.8. The van der Waals surface area contributed by atoms with Gasteiger partial charge in [-0.1, -0.05) is 6.07 Å². The van der Waals surface area contributed by atoms with Gasteiger partial charge >= 0.3 is 0 Å². The van der Waals surface area contributed by atoms with Gasteiger partial charge in [0.25, 0.3) is 5.91 Å². The highest BCUT2D eigenvalue weighted by Gasteiger charge is 2.32. The number of nitrogens with one attached hydrogen (secondary N) is 1. The van der Waals surface area contributed by atoms with Gasteiger partial charge in [-0.3, -0.25) is 9.59 Å². The second kappa shape index (κ2) is 6.19. The molecule has 1 heterocycles. The Kier molecular flexibility index (Phi) is 4.58. The molecule has 1 unspecified atom stereocenters. The number of rotatable bonds is 6. The van der Waals surface area contributed by atoms with E-state index in [1.807, 2.05) is 23.4 Å². The molecule has 1 N–H and O–H groups in total. The molecule has 104 valence electrons. The lowest BCUT2D eigenvalue weighted by atomic mass is 10.2. The average molecular weight is 280 g/mol. The largest absolute Gasteiger partial charge is 0.351 e. The van der Waals surface area contributed by atoms with Crippen molar-refractivity contribution in [1.82, 2.24) is 10.2 Å². The first-order valence-electron chi connectivity index (χ1n) is 6.67. The lowest BCUT2D eigenvalue weighted by Crippen LogP contribution is -2.38. The molecule has 1 saturated carbocycles. The SMILES string of the molecule is CC(C1CC1)N(C)C(=O)CCNC(=O)c1cccs1. The van der Waals surface area contributed by atoms with Crippen LogP contribution in [-0.4, -0.2) is 36.3 Å². The van der Waals surface area contributed by atoms with Gasteiger partial charge in [0.2, 0.25) is 5.91 Å². The molecule has 19 heavy (non-hydrogen) atoms. The molecule has 1 aliphatic carbocycles. The molecular formula is C14H20N2O2S. The first-order chi connectivity index (χ1) is 9.09. The van der Waals surface area contributed by atoms with Crippen LogP contribution in [0.25, 0.3) is 0 Å². The van der Waals surface area contributed by atoms with E-state index in [1.54, 1.807) is 6.07 Å². The summed E-state index contributed by atoms with van der Waals surface area (Å²) in [6.07, 6.45) is 2.83. The van der Waals surface area contributed by atoms with Crippen LogP contribution in [0.3, 0.4) is 0 Å². The van der Waals surface area contributed by atoms with Crippen LogP contribution in [0.15, 0.2) is 17.5 Å². The molecule has 0 saturated heterocycles. The first-order valence-corrected chi connectivity index (χ1v) is 7.55. The molecule has 1 aromatic rings. The van der Waals surface area contributed by atoms with E-state index in [9.17, 15) is 9.59 Å². The average Bonchev–Trinajstić information content (AvgIpc) is 3.11. The van der Waals surface area contributed by atoms with Crippen molar-refractivity contribution in [3.63, 3.8) is 0 Å². The predicted octanol–water partition coefficient (Wildman–Crippen LogP) is 2.12. The first kappa shape index (κ1) is 14.1. The van der Waals surface area contributed by atoms with Crippen molar-refractivity contribution in [2.45, 2.75) is 32.2 Å². The van der Waals surface area contributed by atoms with Crippen molar-refractivity contribution in [2.75, 3.05) is 13.6 Å². The van der Waals surface area contributed by atoms with Crippen LogP contribution in [0.1, 0.15) is 35.9 Å². The van der Waals surface area contributed by atoms with Gasteiger partial charge in [-0.15, -0.1) is 11.3 Å². The summed E-state index contributed by atoms with van der Waals surface area (Å²) in [7, 11) is 1.85. The molecule has 4 nitrogen and oxygen atoms in total. The maximum Gasteiger partial charge on any atom is 0.261 e. The molecule has 0 spiro atoms. The number of thiophene rings is 1. The van der Waals surface area contributed by atoms with Crippen LogP contribution in [0.2, 0.25) is 0 Å². The van der Waals surface area contributed by atoms with Crippen molar-refractivity contribution in [3.05, 3.63) is 22.4 Å². The molecule has 5 heteroatoms. The Bertz CT molecular complexity index is 440. The number of hydrogen-bond donors (Lipinski definition) is 1. The third-order valence-electron chi connectivity index (χ3n) is 3.68. The van der Waals surface area contributed by atoms with Crippen molar-refractivity contribution in [3.8, 4) is 0 Å². The van der Waals surface area contributed by atoms with Gasteiger partial charge in [-0.05, 0) is 37.1 Å². The number of nitrogens with zero attached hydrogens (tertiary/aromatic N) is 1. The zero-order valence-electron chi connectivity index (χ0n) is 11.4. The van der Waals surface area contributed by atoms with E-state index in [1.165, 1.54) is 24.2 Å². The minimum atomic E-state index is -0.0966. The second-order valence-electron chi connectivity index (χ2n) is 5.07. The number of amides is 2. The predicted molar refractivity (Wildman–Crippen MR) is 76.2 cm³/mol. The highest BCUT2D eigenvalue weighted by molar-refractivity contribution is 7.12. The summed E-state index contributed by atoms with van der Waals surface area (Å²) < 4.78 is 0. The topological polar surface area (TPSA) is 49.4 Å². The maximum atomic E-state index is 12.0. The fourth-order valence-corrected chi connectivity index (χ4v) is 2.72. The molecular weight excluding hydrogens is 260 g/mol. The van der Waals surface area contributed by atoms with Crippen molar-refractivity contribution in [2.24, 2.45) is 5.92 Å². The van der Waals surface area contributed by atoms with Crippen LogP contribution in [0.5, 0.6) is 0 Å². The summed E-state index contributed by atoms with van der Waals surface area (Å²) in [6.45, 7) is 2.50. The molecule has 1 atom stereocenters. The summed E-state index contributed by atoms with van der Waals surface area (Å²) in [5.41, 5.74) is 0. The molecule has 1 aliphatic rings. The smallest absolute Gasteiger partial charge is 0.261 e. The molecule has 1 aromatic heterocycles. The standard InChI is InChI=1S/C14H20N2O2S/c1-10(11-5-6-11)16(2)13(17)7-8-15-14(18)12-4-3-9-19-12/h3-4,9-11H,5-8H2,1-2H3,(H,15,18). The summed E-state index contributed by atoms with van der Waals surface area (Å²) >= 11 is 1.41. The van der Waals surface area contributed by atoms with Gasteiger partial charge in [-0.25, -0.2) is 0 Å². The van der Waals surface area contributed by atoms with E-state index in [2.05, 4.69) is 12.2 Å². The Hall–Kier alpha value is -1.36. The van der Waals surface area contributed by atoms with E-state index in [0.717, 1.165) is 0 Å². The summed E-state index contributed by atoms with van der Waals surface area (Å²) in [5.74, 6) is 0.682. The lowest BCUT2D eigenvalue weighted by molar-refractivity contribution is -0.131. The lowest BCUT2D eigenvalue weighted by Gasteiger charge is -2.24. The minimum Gasteiger partial charge on any atom is -0.351 e. The second-order valence-corrected chi connectivity index (χ2v) is 6.01. The van der Waals surface area contributed by atoms with Crippen LogP contribution >= 0.6 is 11.3 Å². The van der Waals surface area contributed by atoms with E-state index in [0.29, 0.717) is 29.8 Å². The molecule has 0 aromatic carbocycles. The molecule has 0 aliphatic heterocycles. The Morgan fingerprint density at radius 1 is 1.53 bits per heavy atom. The summed E-state index contributed by atoms with van der Waals surface area (Å²) in [5, 5.41) is 4.64. The van der Waals surface area contributed by atoms with Gasteiger partial charge in [0, 0.05) is 26.1 Å². The van der Waals surface area contributed by atoms with Gasteiger partial charge in [0.1, 0.15) is 0 Å². The quantitative estimate of drug-likeness (QED) is 0.868. The maximum absolute atomic E-state index is 12.0. The molecule has 0 radical (unpaired) electrons. The van der Waals surface area contributed by atoms with Crippen LogP contribution < -0.4 is 5.32 Å². The summed E-state index contributed by atoms with van der Waals surface area (Å²) in [4.78, 5) is 26.1. The third-order valence-corrected chi connectivity index (χ3v) is 4.55. The molecule has 1 fully saturated rings. The van der Waals surface area contributed by atoms with Crippen LogP contribution in [0.4, 0.5) is 0 Å². The van der Waals surface area contributed by atoms with E-state index < -0.39 is 0 Å². The van der Waals surface area contributed by atoms with Crippen molar-refractivity contribution in [1.29, 1.82) is 0 Å². The molecule has 2 amide bonds. The van der Waals surface area contributed by atoms with Crippen molar-refractivity contribution < 1.29 is 9.59 Å². The zero-order valence-corrected chi connectivity index (χ0v) is 12.2. The monoisotopic (exact) mass is 280 g/mol. The Labute approximate surface area is 117 Å². The minimum absolute atomic E-state index is 0.0966. The third kappa shape index (κ3) is 3.80. The van der Waals surface area contributed by atoms with E-state index in [4.69, 9.17) is 0 Å². The normalized spacial score (nSPS) is 15.9. The molecule has 0 bridgehead atoms. The number of carbonyl (C=O) groups excluding carboxylic acids is 2. The Morgan fingerprint density at radius 3 is 2.84 bits per heavy atom. The number of hydrogen-bond acceptors (Lipinski definition) is 3. The number of carbonyl (C=O) groups is 2. The van der Waals surface area contributed by atoms with Crippen LogP contribution in [-0.2, 0) is 4.79 Å². The van der Waals surface area contributed by atoms with Gasteiger partial charge in [-0.2, -0.15) is 0 Å². The van der Waals surface area contributed by atoms with Crippen LogP contribution in [0, 0.1) is 5.92 Å². The van der Waals surface area contributed by atoms with Gasteiger partial charge < -0.3 is 10.2 Å². The highest BCUT2D eigenvalue weighted by atomic mass is 32.1. The fraction of sp³-hybridized carbons (Fsp3) is 0.571. The molecule has 2 rings (SSSR count). The summed E-state index contributed by atoms with van der Waals surface area (Å²) in [6, 6.07) is 3.94. The van der Waals surface area contributed by atoms with E-state index >= 15 is 0 Å². The Morgan fingerprint density at radius 2 is 2.26 bits per heavy atom. The van der Waals surface area contributed by atoms with Gasteiger partial charge in [0.15, 0.2) is 0 Å². The van der Waals surface area contributed by atoms with E-state index in [-0.39, 0.29) is 11.8 Å². The highest BCUT2D eigenvalue weighted by Crippen LogP contribution is 2.34. The Balaban J connectivity index is 1.70.